The van der Waals surface area contributed by atoms with Crippen LogP contribution in [0.1, 0.15) is 49.5 Å². The number of carbonyl (C=O) groups excluding carboxylic acids is 1. The first-order valence-corrected chi connectivity index (χ1v) is 8.85. The van der Waals surface area contributed by atoms with Crippen molar-refractivity contribution in [1.82, 2.24) is 15.2 Å². The molecule has 3 rings (SSSR count). The quantitative estimate of drug-likeness (QED) is 0.877. The first-order valence-electron chi connectivity index (χ1n) is 8.85. The monoisotopic (exact) mass is 339 g/mol. The van der Waals surface area contributed by atoms with Gasteiger partial charge in [0, 0.05) is 25.0 Å². The number of urea groups is 1. The van der Waals surface area contributed by atoms with Crippen LogP contribution in [0.5, 0.6) is 0 Å². The number of amides is 2. The molecule has 0 saturated carbocycles. The molecule has 2 amide bonds. The molecule has 1 aromatic heterocycles. The van der Waals surface area contributed by atoms with Crippen LogP contribution in [0.25, 0.3) is 0 Å². The van der Waals surface area contributed by atoms with Crippen LogP contribution >= 0.6 is 0 Å². The van der Waals surface area contributed by atoms with Crippen molar-refractivity contribution in [2.75, 3.05) is 6.54 Å². The van der Waals surface area contributed by atoms with Crippen molar-refractivity contribution in [3.8, 4) is 0 Å². The molecule has 25 heavy (non-hydrogen) atoms. The van der Waals surface area contributed by atoms with E-state index in [0.717, 1.165) is 30.5 Å². The molecule has 132 valence electrons. The first-order chi connectivity index (χ1) is 12.1. The van der Waals surface area contributed by atoms with Gasteiger partial charge in [-0.1, -0.05) is 30.3 Å². The minimum atomic E-state index is -0.544. The third-order valence-electron chi connectivity index (χ3n) is 4.86. The number of hydrogen-bond acceptors (Lipinski definition) is 3. The van der Waals surface area contributed by atoms with Gasteiger partial charge < -0.3 is 15.3 Å². The molecule has 5 nitrogen and oxygen atoms in total. The Morgan fingerprint density at radius 2 is 1.96 bits per heavy atom. The lowest BCUT2D eigenvalue weighted by atomic mass is 10.0. The molecule has 0 radical (unpaired) electrons. The maximum absolute atomic E-state index is 12.7. The van der Waals surface area contributed by atoms with Crippen molar-refractivity contribution in [1.29, 1.82) is 0 Å². The van der Waals surface area contributed by atoms with Crippen molar-refractivity contribution in [3.05, 3.63) is 66.0 Å². The summed E-state index contributed by atoms with van der Waals surface area (Å²) < 4.78 is 0. The number of aliphatic hydroxyl groups is 1. The molecular weight excluding hydrogens is 314 g/mol. The predicted octanol–water partition coefficient (Wildman–Crippen LogP) is 3.44. The fourth-order valence-electron chi connectivity index (χ4n) is 3.42. The fraction of sp³-hybridized carbons (Fsp3) is 0.400. The van der Waals surface area contributed by atoms with Gasteiger partial charge in [0.1, 0.15) is 0 Å². The second kappa shape index (κ2) is 8.12. The van der Waals surface area contributed by atoms with Crippen LogP contribution in [-0.2, 0) is 0 Å². The van der Waals surface area contributed by atoms with Gasteiger partial charge in [0.25, 0.3) is 0 Å². The minimum absolute atomic E-state index is 0.0629. The number of nitrogens with one attached hydrogen (secondary N) is 1. The zero-order chi connectivity index (χ0) is 17.6. The van der Waals surface area contributed by atoms with Gasteiger partial charge in [0.15, 0.2) is 0 Å². The smallest absolute Gasteiger partial charge is 0.318 e. The van der Waals surface area contributed by atoms with E-state index in [9.17, 15) is 9.90 Å². The lowest BCUT2D eigenvalue weighted by molar-refractivity contribution is 0.125. The molecule has 1 aliphatic rings. The van der Waals surface area contributed by atoms with E-state index < -0.39 is 6.10 Å². The Balaban J connectivity index is 1.60. The Morgan fingerprint density at radius 1 is 1.24 bits per heavy atom. The van der Waals surface area contributed by atoms with Crippen molar-refractivity contribution in [2.24, 2.45) is 0 Å². The normalized spacial score (nSPS) is 19.4. The van der Waals surface area contributed by atoms with Crippen LogP contribution in [0.3, 0.4) is 0 Å². The second-order valence-corrected chi connectivity index (χ2v) is 6.60. The van der Waals surface area contributed by atoms with Gasteiger partial charge in [0.2, 0.25) is 0 Å². The highest BCUT2D eigenvalue weighted by molar-refractivity contribution is 5.75. The summed E-state index contributed by atoms with van der Waals surface area (Å²) in [4.78, 5) is 18.5. The average molecular weight is 339 g/mol. The minimum Gasteiger partial charge on any atom is -0.388 e. The van der Waals surface area contributed by atoms with E-state index in [4.69, 9.17) is 0 Å². The summed E-state index contributed by atoms with van der Waals surface area (Å²) in [6, 6.07) is 13.4. The lowest BCUT2D eigenvalue weighted by Crippen LogP contribution is -2.44. The lowest BCUT2D eigenvalue weighted by Gasteiger charge is -2.28. The fourth-order valence-corrected chi connectivity index (χ4v) is 3.42. The summed E-state index contributed by atoms with van der Waals surface area (Å²) in [6.07, 6.45) is 5.39. The van der Waals surface area contributed by atoms with Gasteiger partial charge in [0.05, 0.1) is 12.1 Å². The molecule has 1 aromatic carbocycles. The molecule has 2 heterocycles. The third kappa shape index (κ3) is 4.37. The van der Waals surface area contributed by atoms with Crippen LogP contribution in [0.15, 0.2) is 54.9 Å². The Labute approximate surface area is 148 Å². The molecule has 0 unspecified atom stereocenters. The summed E-state index contributed by atoms with van der Waals surface area (Å²) in [6.45, 7) is 2.71. The zero-order valence-corrected chi connectivity index (χ0v) is 14.5. The number of benzene rings is 1. The van der Waals surface area contributed by atoms with Gasteiger partial charge in [-0.25, -0.2) is 4.79 Å². The molecule has 2 aromatic rings. The molecule has 1 fully saturated rings. The number of pyridine rings is 1. The number of rotatable bonds is 5. The van der Waals surface area contributed by atoms with E-state index in [2.05, 4.69) is 10.3 Å². The number of aromatic nitrogens is 1. The zero-order valence-electron chi connectivity index (χ0n) is 14.5. The number of hydrogen-bond donors (Lipinski definition) is 2. The SMILES string of the molecule is C[C@H](NC(=O)N1CCC[C@@H]1C[C@@H](O)c1ccccc1)c1ccncc1. The van der Waals surface area contributed by atoms with Crippen molar-refractivity contribution in [2.45, 2.75) is 44.4 Å². The number of nitrogens with zero attached hydrogens (tertiary/aromatic N) is 2. The number of carbonyl (C=O) groups is 1. The Kier molecular flexibility index (Phi) is 5.66. The van der Waals surface area contributed by atoms with Crippen LogP contribution in [-0.4, -0.2) is 33.6 Å². The van der Waals surface area contributed by atoms with Gasteiger partial charge in [-0.2, -0.15) is 0 Å². The van der Waals surface area contributed by atoms with Crippen LogP contribution in [0.2, 0.25) is 0 Å². The Morgan fingerprint density at radius 3 is 2.68 bits per heavy atom. The standard InChI is InChI=1S/C20H25N3O2/c1-15(16-9-11-21-12-10-16)22-20(25)23-13-5-8-18(23)14-19(24)17-6-3-2-4-7-17/h2-4,6-7,9-12,15,18-19,24H,5,8,13-14H2,1H3,(H,22,25)/t15-,18+,19+/m0/s1. The van der Waals surface area contributed by atoms with Gasteiger partial charge in [-0.15, -0.1) is 0 Å². The maximum Gasteiger partial charge on any atom is 0.318 e. The molecule has 2 N–H and O–H groups in total. The molecule has 1 saturated heterocycles. The van der Waals surface area contributed by atoms with Gasteiger partial charge in [-0.3, -0.25) is 4.98 Å². The number of likely N-dealkylation sites (tertiary alicyclic amines) is 1. The van der Waals surface area contributed by atoms with Crippen molar-refractivity contribution in [3.63, 3.8) is 0 Å². The van der Waals surface area contributed by atoms with E-state index in [1.165, 1.54) is 0 Å². The molecule has 5 heteroatoms. The highest BCUT2D eigenvalue weighted by Gasteiger charge is 2.31. The van der Waals surface area contributed by atoms with Gasteiger partial charge >= 0.3 is 6.03 Å². The summed E-state index contributed by atoms with van der Waals surface area (Å²) in [5, 5.41) is 13.5. The van der Waals surface area contributed by atoms with E-state index in [-0.39, 0.29) is 18.1 Å². The molecule has 0 aliphatic carbocycles. The summed E-state index contributed by atoms with van der Waals surface area (Å²) >= 11 is 0. The van der Waals surface area contributed by atoms with Crippen LogP contribution in [0.4, 0.5) is 4.79 Å². The summed E-state index contributed by atoms with van der Waals surface area (Å²) in [5.74, 6) is 0. The average Bonchev–Trinajstić information content (AvgIpc) is 3.11. The highest BCUT2D eigenvalue weighted by Crippen LogP contribution is 2.27. The van der Waals surface area contributed by atoms with E-state index in [1.54, 1.807) is 12.4 Å². The van der Waals surface area contributed by atoms with Crippen molar-refractivity contribution < 1.29 is 9.90 Å². The Bertz CT molecular complexity index is 678. The maximum atomic E-state index is 12.7. The second-order valence-electron chi connectivity index (χ2n) is 6.60. The Hall–Kier alpha value is -2.40. The van der Waals surface area contributed by atoms with Crippen molar-refractivity contribution >= 4 is 6.03 Å². The van der Waals surface area contributed by atoms with E-state index in [1.807, 2.05) is 54.3 Å². The molecule has 3 atom stereocenters. The van der Waals surface area contributed by atoms with Crippen LogP contribution < -0.4 is 5.32 Å². The summed E-state index contributed by atoms with van der Waals surface area (Å²) in [5.41, 5.74) is 1.93. The van der Waals surface area contributed by atoms with Gasteiger partial charge in [-0.05, 0) is 49.4 Å². The topological polar surface area (TPSA) is 65.5 Å². The molecule has 0 bridgehead atoms. The largest absolute Gasteiger partial charge is 0.388 e. The third-order valence-corrected chi connectivity index (χ3v) is 4.86. The predicted molar refractivity (Wildman–Crippen MR) is 96.9 cm³/mol. The molecule has 1 aliphatic heterocycles. The van der Waals surface area contributed by atoms with Crippen LogP contribution in [0, 0.1) is 0 Å². The number of aliphatic hydroxyl groups excluding tert-OH is 1. The molecular formula is C20H25N3O2. The highest BCUT2D eigenvalue weighted by atomic mass is 16.3. The van der Waals surface area contributed by atoms with E-state index in [0.29, 0.717) is 6.42 Å². The first kappa shape index (κ1) is 17.4. The summed E-state index contributed by atoms with van der Waals surface area (Å²) in [7, 11) is 0. The molecule has 0 spiro atoms. The van der Waals surface area contributed by atoms with E-state index >= 15 is 0 Å².